The van der Waals surface area contributed by atoms with Gasteiger partial charge >= 0.3 is 0 Å². The molecule has 0 aliphatic heterocycles. The van der Waals surface area contributed by atoms with Crippen LogP contribution in [-0.4, -0.2) is 11.8 Å². The summed E-state index contributed by atoms with van der Waals surface area (Å²) in [4.78, 5) is 24.0. The number of halogens is 2. The van der Waals surface area contributed by atoms with Crippen molar-refractivity contribution in [1.29, 1.82) is 0 Å². The molecule has 26 heavy (non-hydrogen) atoms. The number of nitrogens with one attached hydrogen (secondary N) is 1. The molecule has 0 aliphatic rings. The van der Waals surface area contributed by atoms with E-state index in [9.17, 15) is 18.4 Å². The highest BCUT2D eigenvalue weighted by atomic mass is 19.1. The third-order valence-electron chi connectivity index (χ3n) is 3.74. The molecule has 3 aromatic rings. The summed E-state index contributed by atoms with van der Waals surface area (Å²) in [5.41, 5.74) is 4.30. The molecule has 3 N–H and O–H groups in total. The molecule has 0 saturated heterocycles. The largest absolute Gasteiger partial charge is 0.455 e. The molecule has 2 amide bonds. The first-order valence-corrected chi connectivity index (χ1v) is 7.71. The quantitative estimate of drug-likeness (QED) is 0.737. The van der Waals surface area contributed by atoms with Gasteiger partial charge in [0, 0.05) is 11.5 Å². The average Bonchev–Trinajstić information content (AvgIpc) is 3.12. The second-order valence-electron chi connectivity index (χ2n) is 6.80. The Morgan fingerprint density at radius 3 is 2.38 bits per heavy atom. The lowest BCUT2D eigenvalue weighted by Gasteiger charge is -2.14. The summed E-state index contributed by atoms with van der Waals surface area (Å²) >= 11 is 0. The minimum Gasteiger partial charge on any atom is -0.455 e. The van der Waals surface area contributed by atoms with Crippen molar-refractivity contribution < 1.29 is 27.2 Å². The Labute approximate surface area is 146 Å². The van der Waals surface area contributed by atoms with Crippen LogP contribution in [-0.2, 0) is 5.41 Å². The lowest BCUT2D eigenvalue weighted by atomic mass is 9.94. The molecule has 0 atom stereocenters. The third kappa shape index (κ3) is 3.05. The number of fused-ring (bicyclic) bond motifs is 1. The first-order chi connectivity index (χ1) is 12.1. The van der Waals surface area contributed by atoms with E-state index in [0.717, 1.165) is 6.07 Å². The molecule has 0 radical (unpaired) electrons. The maximum atomic E-state index is 13.9. The number of benzene rings is 1. The number of amides is 2. The summed E-state index contributed by atoms with van der Waals surface area (Å²) in [6, 6.07) is 4.65. The molecular formula is C18H16F2N2O4. The van der Waals surface area contributed by atoms with Gasteiger partial charge in [-0.05, 0) is 18.2 Å². The lowest BCUT2D eigenvalue weighted by Crippen LogP contribution is -2.17. The highest BCUT2D eigenvalue weighted by Crippen LogP contribution is 2.34. The van der Waals surface area contributed by atoms with Crippen LogP contribution in [0, 0.1) is 11.6 Å². The van der Waals surface area contributed by atoms with Crippen LogP contribution in [0.25, 0.3) is 11.0 Å². The number of anilines is 1. The maximum absolute atomic E-state index is 13.9. The maximum Gasteiger partial charge on any atom is 0.291 e. The molecule has 0 spiro atoms. The SMILES string of the molecule is CC(C)(C)c1ccc(C(=O)Nc2c(C(N)=O)oc3c(F)cc(F)cc23)o1. The monoisotopic (exact) mass is 362 g/mol. The number of primary amides is 1. The Morgan fingerprint density at radius 1 is 1.12 bits per heavy atom. The van der Waals surface area contributed by atoms with E-state index in [1.165, 1.54) is 6.07 Å². The van der Waals surface area contributed by atoms with E-state index < -0.39 is 29.2 Å². The van der Waals surface area contributed by atoms with Gasteiger partial charge in [-0.2, -0.15) is 0 Å². The van der Waals surface area contributed by atoms with Crippen LogP contribution in [0.5, 0.6) is 0 Å². The van der Waals surface area contributed by atoms with Crippen molar-refractivity contribution in [2.45, 2.75) is 26.2 Å². The van der Waals surface area contributed by atoms with Crippen molar-refractivity contribution in [1.82, 2.24) is 0 Å². The van der Waals surface area contributed by atoms with Crippen LogP contribution in [0.15, 0.2) is 33.1 Å². The molecular weight excluding hydrogens is 346 g/mol. The first kappa shape index (κ1) is 17.7. The number of hydrogen-bond acceptors (Lipinski definition) is 4. The highest BCUT2D eigenvalue weighted by molar-refractivity contribution is 6.13. The Balaban J connectivity index is 2.05. The molecule has 0 saturated carbocycles. The molecule has 6 nitrogen and oxygen atoms in total. The molecule has 2 aromatic heterocycles. The van der Waals surface area contributed by atoms with Gasteiger partial charge in [0.25, 0.3) is 11.8 Å². The predicted octanol–water partition coefficient (Wildman–Crippen LogP) is 3.95. The first-order valence-electron chi connectivity index (χ1n) is 7.71. The van der Waals surface area contributed by atoms with E-state index >= 15 is 0 Å². The van der Waals surface area contributed by atoms with Crippen molar-refractivity contribution in [2.24, 2.45) is 5.73 Å². The number of furan rings is 2. The van der Waals surface area contributed by atoms with E-state index in [0.29, 0.717) is 11.8 Å². The fourth-order valence-electron chi connectivity index (χ4n) is 2.46. The van der Waals surface area contributed by atoms with Crippen molar-refractivity contribution >= 4 is 28.5 Å². The lowest BCUT2D eigenvalue weighted by molar-refractivity contribution is 0.0977. The minimum atomic E-state index is -1.04. The van der Waals surface area contributed by atoms with Gasteiger partial charge < -0.3 is 19.9 Å². The molecule has 136 valence electrons. The zero-order valence-corrected chi connectivity index (χ0v) is 14.3. The van der Waals surface area contributed by atoms with Gasteiger partial charge in [-0.1, -0.05) is 20.8 Å². The molecule has 2 heterocycles. The summed E-state index contributed by atoms with van der Waals surface area (Å²) in [5, 5.41) is 2.27. The molecule has 0 unspecified atom stereocenters. The van der Waals surface area contributed by atoms with Gasteiger partial charge in [-0.25, -0.2) is 8.78 Å². The second-order valence-corrected chi connectivity index (χ2v) is 6.80. The Bertz CT molecular complexity index is 1030. The van der Waals surface area contributed by atoms with E-state index in [1.807, 2.05) is 20.8 Å². The summed E-state index contributed by atoms with van der Waals surface area (Å²) in [6.07, 6.45) is 0. The van der Waals surface area contributed by atoms with Crippen molar-refractivity contribution in [2.75, 3.05) is 5.32 Å². The van der Waals surface area contributed by atoms with Gasteiger partial charge in [0.2, 0.25) is 5.76 Å². The Kier molecular flexibility index (Phi) is 4.06. The summed E-state index contributed by atoms with van der Waals surface area (Å²) in [7, 11) is 0. The molecule has 8 heteroatoms. The van der Waals surface area contributed by atoms with Gasteiger partial charge in [0.15, 0.2) is 17.2 Å². The Morgan fingerprint density at radius 2 is 1.81 bits per heavy atom. The van der Waals surface area contributed by atoms with Crippen LogP contribution in [0.2, 0.25) is 0 Å². The molecule has 0 bridgehead atoms. The van der Waals surface area contributed by atoms with Crippen LogP contribution in [0.3, 0.4) is 0 Å². The Hall–Kier alpha value is -3.16. The molecule has 0 aliphatic carbocycles. The van der Waals surface area contributed by atoms with Crippen LogP contribution < -0.4 is 11.1 Å². The van der Waals surface area contributed by atoms with Crippen LogP contribution in [0.4, 0.5) is 14.5 Å². The van der Waals surface area contributed by atoms with Gasteiger partial charge in [0.1, 0.15) is 17.3 Å². The zero-order valence-electron chi connectivity index (χ0n) is 14.3. The van der Waals surface area contributed by atoms with Crippen LogP contribution >= 0.6 is 0 Å². The summed E-state index contributed by atoms with van der Waals surface area (Å²) in [5.74, 6) is -3.60. The summed E-state index contributed by atoms with van der Waals surface area (Å²) < 4.78 is 38.0. The number of carbonyl (C=O) groups is 2. The molecule has 0 fully saturated rings. The standard InChI is InChI=1S/C18H16F2N2O4/c1-18(2,3)12-5-4-11(25-12)17(24)22-13-9-6-8(19)7-10(20)14(9)26-15(13)16(21)23/h4-7H,1-3H3,(H2,21,23)(H,22,24). The third-order valence-corrected chi connectivity index (χ3v) is 3.74. The number of nitrogens with two attached hydrogens (primary N) is 1. The van der Waals surface area contributed by atoms with Crippen LogP contribution in [0.1, 0.15) is 47.6 Å². The number of rotatable bonds is 3. The molecule has 1 aromatic carbocycles. The normalized spacial score (nSPS) is 11.7. The smallest absolute Gasteiger partial charge is 0.291 e. The number of hydrogen-bond donors (Lipinski definition) is 2. The zero-order chi connectivity index (χ0) is 19.2. The minimum absolute atomic E-state index is 0.0310. The van der Waals surface area contributed by atoms with Gasteiger partial charge in [-0.15, -0.1) is 0 Å². The topological polar surface area (TPSA) is 98.5 Å². The highest BCUT2D eigenvalue weighted by Gasteiger charge is 2.26. The van der Waals surface area contributed by atoms with E-state index in [1.54, 1.807) is 6.07 Å². The van der Waals surface area contributed by atoms with Crippen molar-refractivity contribution in [3.05, 3.63) is 53.2 Å². The van der Waals surface area contributed by atoms with Gasteiger partial charge in [0.05, 0.1) is 5.39 Å². The number of carbonyl (C=O) groups excluding carboxylic acids is 2. The predicted molar refractivity (Wildman–Crippen MR) is 90.0 cm³/mol. The van der Waals surface area contributed by atoms with Crippen molar-refractivity contribution in [3.63, 3.8) is 0 Å². The van der Waals surface area contributed by atoms with E-state index in [-0.39, 0.29) is 27.8 Å². The second kappa shape index (κ2) is 5.98. The van der Waals surface area contributed by atoms with Crippen molar-refractivity contribution in [3.8, 4) is 0 Å². The van der Waals surface area contributed by atoms with E-state index in [4.69, 9.17) is 14.6 Å². The fourth-order valence-corrected chi connectivity index (χ4v) is 2.46. The summed E-state index contributed by atoms with van der Waals surface area (Å²) in [6.45, 7) is 5.73. The van der Waals surface area contributed by atoms with E-state index in [2.05, 4.69) is 5.32 Å². The fraction of sp³-hybridized carbons (Fsp3) is 0.222. The molecule has 3 rings (SSSR count). The van der Waals surface area contributed by atoms with Gasteiger partial charge in [-0.3, -0.25) is 9.59 Å². The average molecular weight is 362 g/mol.